The first-order valence-electron chi connectivity index (χ1n) is 9.43. The molecule has 0 aliphatic carbocycles. The van der Waals surface area contributed by atoms with Crippen LogP contribution in [-0.2, 0) is 22.6 Å². The summed E-state index contributed by atoms with van der Waals surface area (Å²) in [5, 5.41) is 27.5. The summed E-state index contributed by atoms with van der Waals surface area (Å²) in [6.45, 7) is 3.96. The van der Waals surface area contributed by atoms with Gasteiger partial charge in [0.05, 0.1) is 24.9 Å². The number of halogens is 1. The molecule has 0 saturated carbocycles. The molecule has 3 rings (SSSR count). The highest BCUT2D eigenvalue weighted by molar-refractivity contribution is 6.30. The van der Waals surface area contributed by atoms with Gasteiger partial charge in [-0.1, -0.05) is 11.6 Å². The lowest BCUT2D eigenvalue weighted by molar-refractivity contribution is -0.158. The number of aryl methyl sites for hydroxylation is 3. The monoisotopic (exact) mass is 441 g/mol. The lowest BCUT2D eigenvalue weighted by Crippen LogP contribution is -2.60. The molecule has 2 aromatic heterocycles. The van der Waals surface area contributed by atoms with E-state index in [1.165, 1.54) is 0 Å². The molecule has 0 radical (unpaired) electrons. The van der Waals surface area contributed by atoms with Crippen LogP contribution in [0.3, 0.4) is 0 Å². The molecule has 4 atom stereocenters. The molecule has 164 valence electrons. The van der Waals surface area contributed by atoms with Crippen molar-refractivity contribution >= 4 is 17.5 Å². The van der Waals surface area contributed by atoms with E-state index in [1.54, 1.807) is 4.68 Å². The van der Waals surface area contributed by atoms with Crippen molar-refractivity contribution in [2.45, 2.75) is 57.7 Å². The molecule has 12 heteroatoms. The summed E-state index contributed by atoms with van der Waals surface area (Å²) < 4.78 is 8.36. The summed E-state index contributed by atoms with van der Waals surface area (Å²) in [4.78, 5) is 37.5. The van der Waals surface area contributed by atoms with Gasteiger partial charge in [0.15, 0.2) is 0 Å². The maximum Gasteiger partial charge on any atom is 0.328 e. The molecule has 1 amide bonds. The van der Waals surface area contributed by atoms with Crippen LogP contribution in [0.2, 0.25) is 5.02 Å². The zero-order valence-corrected chi connectivity index (χ0v) is 17.3. The highest BCUT2D eigenvalue weighted by Crippen LogP contribution is 2.17. The Morgan fingerprint density at radius 2 is 2.10 bits per heavy atom. The molecule has 1 saturated heterocycles. The van der Waals surface area contributed by atoms with Crippen LogP contribution in [-0.4, -0.2) is 66.4 Å². The van der Waals surface area contributed by atoms with Gasteiger partial charge in [0.1, 0.15) is 23.3 Å². The Kier molecular flexibility index (Phi) is 6.76. The second-order valence-electron chi connectivity index (χ2n) is 7.32. The molecular weight excluding hydrogens is 418 g/mol. The molecule has 1 aliphatic rings. The van der Waals surface area contributed by atoms with Crippen LogP contribution in [0.15, 0.2) is 21.9 Å². The van der Waals surface area contributed by atoms with Crippen LogP contribution in [0.5, 0.6) is 0 Å². The van der Waals surface area contributed by atoms with Gasteiger partial charge in [-0.3, -0.25) is 23.8 Å². The quantitative estimate of drug-likeness (QED) is 0.434. The number of hydrogen-bond donors (Lipinski definition) is 4. The molecule has 3 heterocycles. The van der Waals surface area contributed by atoms with Crippen molar-refractivity contribution in [3.8, 4) is 0 Å². The second kappa shape index (κ2) is 9.13. The minimum absolute atomic E-state index is 0.0552. The smallest absolute Gasteiger partial charge is 0.328 e. The third kappa shape index (κ3) is 4.98. The van der Waals surface area contributed by atoms with Gasteiger partial charge in [-0.05, 0) is 19.9 Å². The summed E-state index contributed by atoms with van der Waals surface area (Å²) in [5.74, 6) is -0.315. The van der Waals surface area contributed by atoms with Gasteiger partial charge in [0.2, 0.25) is 5.91 Å². The molecular formula is C18H24ClN5O6. The van der Waals surface area contributed by atoms with E-state index in [2.05, 4.69) is 10.4 Å². The molecule has 11 nitrogen and oxygen atoms in total. The van der Waals surface area contributed by atoms with Crippen LogP contribution >= 0.6 is 11.6 Å². The first kappa shape index (κ1) is 22.2. The first-order chi connectivity index (χ1) is 14.2. The Morgan fingerprint density at radius 1 is 1.37 bits per heavy atom. The third-order valence-electron chi connectivity index (χ3n) is 4.98. The van der Waals surface area contributed by atoms with E-state index < -0.39 is 35.6 Å². The van der Waals surface area contributed by atoms with E-state index in [0.717, 1.165) is 22.2 Å². The number of nitrogens with one attached hydrogen (secondary N) is 2. The standard InChI is InChI=1S/C18H24ClN5O6/c1-9-5-10(2)24(22-9)4-3-14(25)20-12-8-30-13(16(27)15(12)26)7-23-6-11(19)17(28)21-18(23)29/h5-6,12-13,15-16,26-27H,3-4,7-8H2,1-2H3,(H,20,25)(H,21,28,29)/t12-,13-,15+,16-/m1/s1. The number of aromatic amines is 1. The molecule has 1 fully saturated rings. The predicted octanol–water partition coefficient (Wildman–Crippen LogP) is -1.30. The maximum atomic E-state index is 12.2. The lowest BCUT2D eigenvalue weighted by Gasteiger charge is -2.38. The summed E-state index contributed by atoms with van der Waals surface area (Å²) in [6.07, 6.45) is -2.30. The molecule has 0 bridgehead atoms. The van der Waals surface area contributed by atoms with Crippen molar-refractivity contribution in [3.63, 3.8) is 0 Å². The van der Waals surface area contributed by atoms with Crippen LogP contribution in [0.1, 0.15) is 17.8 Å². The highest BCUT2D eigenvalue weighted by atomic mass is 35.5. The number of amides is 1. The topological polar surface area (TPSA) is 151 Å². The van der Waals surface area contributed by atoms with Crippen molar-refractivity contribution in [2.75, 3.05) is 6.61 Å². The van der Waals surface area contributed by atoms with Crippen molar-refractivity contribution in [2.24, 2.45) is 0 Å². The van der Waals surface area contributed by atoms with E-state index in [1.807, 2.05) is 24.9 Å². The number of aliphatic hydroxyl groups is 2. The Morgan fingerprint density at radius 3 is 2.77 bits per heavy atom. The van der Waals surface area contributed by atoms with Gasteiger partial charge in [0.25, 0.3) is 5.56 Å². The van der Waals surface area contributed by atoms with Crippen molar-refractivity contribution in [1.82, 2.24) is 24.6 Å². The molecule has 0 aromatic carbocycles. The van der Waals surface area contributed by atoms with Gasteiger partial charge in [0, 0.05) is 24.9 Å². The minimum Gasteiger partial charge on any atom is -0.388 e. The Bertz CT molecular complexity index is 1030. The summed E-state index contributed by atoms with van der Waals surface area (Å²) in [6, 6.07) is 1.11. The van der Waals surface area contributed by atoms with E-state index in [4.69, 9.17) is 16.3 Å². The van der Waals surface area contributed by atoms with E-state index in [-0.39, 0.29) is 30.5 Å². The van der Waals surface area contributed by atoms with E-state index >= 15 is 0 Å². The fourth-order valence-corrected chi connectivity index (χ4v) is 3.54. The summed E-state index contributed by atoms with van der Waals surface area (Å²) in [7, 11) is 0. The molecule has 1 aliphatic heterocycles. The zero-order chi connectivity index (χ0) is 22.0. The number of carbonyl (C=O) groups is 1. The average Bonchev–Trinajstić information content (AvgIpc) is 3.01. The molecule has 30 heavy (non-hydrogen) atoms. The average molecular weight is 442 g/mol. The molecule has 2 aromatic rings. The second-order valence-corrected chi connectivity index (χ2v) is 7.72. The number of rotatable bonds is 6. The number of hydrogen-bond acceptors (Lipinski definition) is 7. The van der Waals surface area contributed by atoms with Gasteiger partial charge in [-0.25, -0.2) is 4.79 Å². The van der Waals surface area contributed by atoms with Crippen molar-refractivity contribution in [3.05, 3.63) is 49.5 Å². The van der Waals surface area contributed by atoms with Crippen LogP contribution in [0.4, 0.5) is 0 Å². The number of carbonyl (C=O) groups excluding carboxylic acids is 1. The van der Waals surface area contributed by atoms with Crippen molar-refractivity contribution < 1.29 is 19.7 Å². The van der Waals surface area contributed by atoms with Gasteiger partial charge >= 0.3 is 5.69 Å². The van der Waals surface area contributed by atoms with Gasteiger partial charge in [-0.2, -0.15) is 5.10 Å². The Hall–Kier alpha value is -2.47. The number of aromatic nitrogens is 4. The highest BCUT2D eigenvalue weighted by Gasteiger charge is 2.39. The number of H-pyrrole nitrogens is 1. The van der Waals surface area contributed by atoms with E-state index in [9.17, 15) is 24.6 Å². The third-order valence-corrected chi connectivity index (χ3v) is 5.25. The normalized spacial score (nSPS) is 24.0. The number of nitrogens with zero attached hydrogens (tertiary/aromatic N) is 3. The summed E-state index contributed by atoms with van der Waals surface area (Å²) in [5.41, 5.74) is 0.374. The fourth-order valence-electron chi connectivity index (χ4n) is 3.37. The largest absolute Gasteiger partial charge is 0.388 e. The molecule has 0 spiro atoms. The Balaban J connectivity index is 1.56. The molecule has 4 N–H and O–H groups in total. The van der Waals surface area contributed by atoms with Gasteiger partial charge in [-0.15, -0.1) is 0 Å². The first-order valence-corrected chi connectivity index (χ1v) is 9.81. The maximum absolute atomic E-state index is 12.2. The van der Waals surface area contributed by atoms with Crippen LogP contribution in [0, 0.1) is 13.8 Å². The zero-order valence-electron chi connectivity index (χ0n) is 16.5. The fraction of sp³-hybridized carbons (Fsp3) is 0.556. The predicted molar refractivity (Wildman–Crippen MR) is 106 cm³/mol. The summed E-state index contributed by atoms with van der Waals surface area (Å²) >= 11 is 5.72. The lowest BCUT2D eigenvalue weighted by atomic mass is 9.97. The molecule has 0 unspecified atom stereocenters. The van der Waals surface area contributed by atoms with Crippen LogP contribution in [0.25, 0.3) is 0 Å². The van der Waals surface area contributed by atoms with Crippen LogP contribution < -0.4 is 16.6 Å². The number of ether oxygens (including phenoxy) is 1. The SMILES string of the molecule is Cc1cc(C)n(CCC(=O)N[C@@H]2CO[C@H](Cn3cc(Cl)c(=O)[nH]c3=O)[C@@H](O)[C@H]2O)n1. The Labute approximate surface area is 176 Å². The minimum atomic E-state index is -1.36. The van der Waals surface area contributed by atoms with E-state index in [0.29, 0.717) is 6.54 Å². The number of aliphatic hydroxyl groups excluding tert-OH is 2. The van der Waals surface area contributed by atoms with Gasteiger partial charge < -0.3 is 20.3 Å². The van der Waals surface area contributed by atoms with Crippen molar-refractivity contribution in [1.29, 1.82) is 0 Å².